The van der Waals surface area contributed by atoms with Crippen LogP contribution in [0.5, 0.6) is 0 Å². The highest BCUT2D eigenvalue weighted by molar-refractivity contribution is 5.83. The molecule has 0 atom stereocenters. The minimum absolute atomic E-state index is 0.0485. The summed E-state index contributed by atoms with van der Waals surface area (Å²) in [5, 5.41) is 20.2. The molecule has 0 spiro atoms. The van der Waals surface area contributed by atoms with E-state index in [-0.39, 0.29) is 11.5 Å². The number of aryl methyl sites for hydroxylation is 1. The molecular formula is C11H15N3O4. The van der Waals surface area contributed by atoms with E-state index >= 15 is 0 Å². The molecule has 0 aliphatic heterocycles. The zero-order chi connectivity index (χ0) is 14.1. The lowest BCUT2D eigenvalue weighted by molar-refractivity contribution is -0.384. The van der Waals surface area contributed by atoms with E-state index in [4.69, 9.17) is 5.11 Å². The molecule has 0 unspecified atom stereocenters. The molecule has 7 nitrogen and oxygen atoms in total. The highest BCUT2D eigenvalue weighted by Gasteiger charge is 2.36. The summed E-state index contributed by atoms with van der Waals surface area (Å²) in [4.78, 5) is 26.9. The van der Waals surface area contributed by atoms with E-state index in [9.17, 15) is 14.9 Å². The maximum absolute atomic E-state index is 11.2. The van der Waals surface area contributed by atoms with Crippen LogP contribution < -0.4 is 4.90 Å². The molecular weight excluding hydrogens is 238 g/mol. The van der Waals surface area contributed by atoms with Gasteiger partial charge in [-0.1, -0.05) is 0 Å². The summed E-state index contributed by atoms with van der Waals surface area (Å²) < 4.78 is 0. The largest absolute Gasteiger partial charge is 0.480 e. The van der Waals surface area contributed by atoms with E-state index in [1.165, 1.54) is 38.1 Å². The lowest BCUT2D eigenvalue weighted by Crippen LogP contribution is -2.48. The summed E-state index contributed by atoms with van der Waals surface area (Å²) in [6.45, 7) is 4.51. The van der Waals surface area contributed by atoms with Crippen molar-refractivity contribution < 1.29 is 14.8 Å². The van der Waals surface area contributed by atoms with Crippen molar-refractivity contribution in [3.05, 3.63) is 27.9 Å². The van der Waals surface area contributed by atoms with Crippen LogP contribution in [0.2, 0.25) is 0 Å². The minimum Gasteiger partial charge on any atom is -0.480 e. The second-order valence-corrected chi connectivity index (χ2v) is 4.48. The van der Waals surface area contributed by atoms with Crippen molar-refractivity contribution in [3.8, 4) is 0 Å². The first kappa shape index (κ1) is 13.9. The number of nitro groups is 1. The van der Waals surface area contributed by atoms with E-state index in [0.717, 1.165) is 0 Å². The lowest BCUT2D eigenvalue weighted by atomic mass is 10.0. The van der Waals surface area contributed by atoms with Gasteiger partial charge in [-0.05, 0) is 26.8 Å². The summed E-state index contributed by atoms with van der Waals surface area (Å²) in [6, 6.07) is 1.52. The number of carboxylic acids is 1. The molecule has 0 saturated carbocycles. The Bertz CT molecular complexity index is 499. The van der Waals surface area contributed by atoms with Crippen LogP contribution in [-0.2, 0) is 4.79 Å². The van der Waals surface area contributed by atoms with Crippen LogP contribution in [0.4, 0.5) is 11.5 Å². The number of hydrogen-bond acceptors (Lipinski definition) is 5. The molecule has 0 bridgehead atoms. The van der Waals surface area contributed by atoms with Crippen LogP contribution in [0.15, 0.2) is 12.3 Å². The molecule has 0 fully saturated rings. The Morgan fingerprint density at radius 1 is 1.56 bits per heavy atom. The van der Waals surface area contributed by atoms with Crippen LogP contribution in [0.3, 0.4) is 0 Å². The number of carbonyl (C=O) groups is 1. The van der Waals surface area contributed by atoms with Gasteiger partial charge in [0.15, 0.2) is 0 Å². The number of rotatable bonds is 4. The van der Waals surface area contributed by atoms with Gasteiger partial charge in [-0.3, -0.25) is 10.1 Å². The van der Waals surface area contributed by atoms with Gasteiger partial charge in [0, 0.05) is 18.8 Å². The quantitative estimate of drug-likeness (QED) is 0.646. The number of carboxylic acid groups (broad SMARTS) is 1. The van der Waals surface area contributed by atoms with E-state index < -0.39 is 16.4 Å². The molecule has 7 heteroatoms. The Morgan fingerprint density at radius 2 is 2.11 bits per heavy atom. The van der Waals surface area contributed by atoms with Crippen molar-refractivity contribution in [1.82, 2.24) is 4.98 Å². The third kappa shape index (κ3) is 2.24. The minimum atomic E-state index is -1.29. The van der Waals surface area contributed by atoms with Crippen molar-refractivity contribution >= 4 is 17.5 Å². The Balaban J connectivity index is 3.38. The molecule has 98 valence electrons. The molecule has 1 N–H and O–H groups in total. The highest BCUT2D eigenvalue weighted by atomic mass is 16.6. The van der Waals surface area contributed by atoms with E-state index in [0.29, 0.717) is 5.56 Å². The number of aliphatic carboxylic acids is 1. The molecule has 0 radical (unpaired) electrons. The van der Waals surface area contributed by atoms with Crippen LogP contribution in [0, 0.1) is 17.0 Å². The van der Waals surface area contributed by atoms with Gasteiger partial charge in [0.25, 0.3) is 0 Å². The Hall–Kier alpha value is -2.18. The predicted molar refractivity (Wildman–Crippen MR) is 65.7 cm³/mol. The van der Waals surface area contributed by atoms with Gasteiger partial charge in [-0.25, -0.2) is 9.78 Å². The second kappa shape index (κ2) is 4.59. The van der Waals surface area contributed by atoms with Crippen molar-refractivity contribution in [2.24, 2.45) is 0 Å². The summed E-state index contributed by atoms with van der Waals surface area (Å²) >= 11 is 0. The number of hydrogen-bond donors (Lipinski definition) is 1. The van der Waals surface area contributed by atoms with Gasteiger partial charge in [0.05, 0.1) is 4.92 Å². The zero-order valence-electron chi connectivity index (χ0n) is 10.7. The van der Waals surface area contributed by atoms with E-state index in [2.05, 4.69) is 4.98 Å². The standard InChI is InChI=1S/C11H15N3O4/c1-7-5-6-12-9(8(7)14(17)18)13(4)11(2,3)10(15)16/h5-6H,1-4H3,(H,15,16). The molecule has 18 heavy (non-hydrogen) atoms. The fraction of sp³-hybridized carbons (Fsp3) is 0.455. The summed E-state index contributed by atoms with van der Waals surface area (Å²) in [7, 11) is 1.48. The van der Waals surface area contributed by atoms with Gasteiger partial charge in [-0.2, -0.15) is 0 Å². The smallest absolute Gasteiger partial charge is 0.328 e. The molecule has 1 heterocycles. The highest BCUT2D eigenvalue weighted by Crippen LogP contribution is 2.31. The van der Waals surface area contributed by atoms with Gasteiger partial charge >= 0.3 is 11.7 Å². The third-order valence-corrected chi connectivity index (χ3v) is 2.97. The number of pyridine rings is 1. The first-order chi connectivity index (χ1) is 8.19. The predicted octanol–water partition coefficient (Wildman–Crippen LogP) is 1.60. The topological polar surface area (TPSA) is 96.6 Å². The average molecular weight is 253 g/mol. The van der Waals surface area contributed by atoms with Gasteiger partial charge < -0.3 is 10.0 Å². The average Bonchev–Trinajstić information content (AvgIpc) is 2.26. The van der Waals surface area contributed by atoms with Crippen molar-refractivity contribution in [2.75, 3.05) is 11.9 Å². The van der Waals surface area contributed by atoms with Crippen molar-refractivity contribution in [2.45, 2.75) is 26.3 Å². The molecule has 1 rings (SSSR count). The fourth-order valence-corrected chi connectivity index (χ4v) is 1.42. The molecule has 0 saturated heterocycles. The maximum atomic E-state index is 11.2. The maximum Gasteiger partial charge on any atom is 0.328 e. The number of anilines is 1. The van der Waals surface area contributed by atoms with Crippen molar-refractivity contribution in [3.63, 3.8) is 0 Å². The normalized spacial score (nSPS) is 11.1. The Morgan fingerprint density at radius 3 is 2.56 bits per heavy atom. The second-order valence-electron chi connectivity index (χ2n) is 4.48. The molecule has 0 aliphatic rings. The van der Waals surface area contributed by atoms with E-state index in [1.54, 1.807) is 6.92 Å². The zero-order valence-corrected chi connectivity index (χ0v) is 10.7. The molecule has 0 aromatic carbocycles. The molecule has 0 amide bonds. The van der Waals surface area contributed by atoms with E-state index in [1.807, 2.05) is 0 Å². The van der Waals surface area contributed by atoms with Gasteiger partial charge in [-0.15, -0.1) is 0 Å². The molecule has 0 aliphatic carbocycles. The monoisotopic (exact) mass is 253 g/mol. The summed E-state index contributed by atoms with van der Waals surface area (Å²) in [5.41, 5.74) is -1.02. The number of likely N-dealkylation sites (N-methyl/N-ethyl adjacent to an activating group) is 1. The van der Waals surface area contributed by atoms with Crippen molar-refractivity contribution in [1.29, 1.82) is 0 Å². The van der Waals surface area contributed by atoms with Crippen LogP contribution >= 0.6 is 0 Å². The molecule has 1 aromatic rings. The molecule has 1 aromatic heterocycles. The number of aromatic nitrogens is 1. The SMILES string of the molecule is Cc1ccnc(N(C)C(C)(C)C(=O)O)c1[N+](=O)[O-]. The first-order valence-electron chi connectivity index (χ1n) is 5.26. The van der Waals surface area contributed by atoms with Crippen LogP contribution in [0.1, 0.15) is 19.4 Å². The first-order valence-corrected chi connectivity index (χ1v) is 5.26. The van der Waals surface area contributed by atoms with Gasteiger partial charge in [0.2, 0.25) is 5.82 Å². The number of nitrogens with zero attached hydrogens (tertiary/aromatic N) is 3. The third-order valence-electron chi connectivity index (χ3n) is 2.97. The lowest BCUT2D eigenvalue weighted by Gasteiger charge is -2.32. The Kier molecular flexibility index (Phi) is 3.54. The summed E-state index contributed by atoms with van der Waals surface area (Å²) in [6.07, 6.45) is 1.42. The van der Waals surface area contributed by atoms with Gasteiger partial charge in [0.1, 0.15) is 5.54 Å². The fourth-order valence-electron chi connectivity index (χ4n) is 1.42. The van der Waals surface area contributed by atoms with Crippen LogP contribution in [0.25, 0.3) is 0 Å². The summed E-state index contributed by atoms with van der Waals surface area (Å²) in [5.74, 6) is -1.03. The van der Waals surface area contributed by atoms with Crippen LogP contribution in [-0.4, -0.2) is 33.6 Å². The Labute approximate surface area is 104 Å².